The van der Waals surface area contributed by atoms with Crippen molar-refractivity contribution in [3.63, 3.8) is 0 Å². The quantitative estimate of drug-likeness (QED) is 0.275. The van der Waals surface area contributed by atoms with Crippen molar-refractivity contribution in [2.45, 2.75) is 19.3 Å². The van der Waals surface area contributed by atoms with Gasteiger partial charge < -0.3 is 19.1 Å². The summed E-state index contributed by atoms with van der Waals surface area (Å²) in [7, 11) is 0. The van der Waals surface area contributed by atoms with E-state index in [9.17, 15) is 0 Å². The van der Waals surface area contributed by atoms with Crippen LogP contribution in [0.2, 0.25) is 0 Å². The Labute approximate surface area is 208 Å². The van der Waals surface area contributed by atoms with Gasteiger partial charge in [0.25, 0.3) is 0 Å². The van der Waals surface area contributed by atoms with Crippen LogP contribution in [0.15, 0.2) is 61.4 Å². The van der Waals surface area contributed by atoms with E-state index in [-0.39, 0.29) is 21.1 Å². The second kappa shape index (κ2) is 8.46. The molecule has 0 aromatic carbocycles. The molecule has 0 amide bonds. The van der Waals surface area contributed by atoms with Gasteiger partial charge in [0.1, 0.15) is 12.7 Å². The van der Waals surface area contributed by atoms with Crippen LogP contribution in [0.5, 0.6) is 0 Å². The van der Waals surface area contributed by atoms with Crippen LogP contribution in [0.4, 0.5) is 0 Å². The predicted molar refractivity (Wildman–Crippen MR) is 119 cm³/mol. The maximum Gasteiger partial charge on any atom is 2.00 e. The maximum absolute atomic E-state index is 4.90. The number of aromatic nitrogens is 10. The van der Waals surface area contributed by atoms with E-state index in [2.05, 4.69) is 56.4 Å². The summed E-state index contributed by atoms with van der Waals surface area (Å²) in [6.07, 6.45) is 12.2. The van der Waals surface area contributed by atoms with E-state index in [0.717, 1.165) is 22.4 Å². The van der Waals surface area contributed by atoms with Crippen LogP contribution in [-0.4, -0.2) is 49.0 Å². The third kappa shape index (κ3) is 3.56. The van der Waals surface area contributed by atoms with Crippen molar-refractivity contribution in [2.75, 3.05) is 0 Å². The number of imidazole rings is 2. The van der Waals surface area contributed by atoms with E-state index in [1.54, 1.807) is 21.5 Å². The molecule has 0 saturated carbocycles. The van der Waals surface area contributed by atoms with Crippen LogP contribution in [0.25, 0.3) is 34.0 Å². The molecule has 0 saturated heterocycles. The molecule has 0 aliphatic rings. The molecule has 0 atom stereocenters. The van der Waals surface area contributed by atoms with Crippen molar-refractivity contribution in [1.82, 2.24) is 49.0 Å². The third-order valence-electron chi connectivity index (χ3n) is 5.55. The van der Waals surface area contributed by atoms with E-state index < -0.39 is 5.41 Å². The van der Waals surface area contributed by atoms with Crippen LogP contribution in [-0.2, 0) is 26.5 Å². The molecule has 6 aromatic rings. The molecular weight excluding hydrogens is 611 g/mol. The number of fused-ring (bicyclic) bond motifs is 2. The van der Waals surface area contributed by atoms with Gasteiger partial charge in [0.2, 0.25) is 0 Å². The Balaban J connectivity index is 0.00000241. The zero-order valence-corrected chi connectivity index (χ0v) is 20.3. The fourth-order valence-electron chi connectivity index (χ4n) is 3.69. The zero-order valence-electron chi connectivity index (χ0n) is 18.1. The molecule has 6 aromatic heterocycles. The molecular formula is C23H16N10Pt. The molecule has 0 aliphatic carbocycles. The van der Waals surface area contributed by atoms with Crippen molar-refractivity contribution < 1.29 is 21.1 Å². The molecule has 0 N–H and O–H groups in total. The molecule has 34 heavy (non-hydrogen) atoms. The van der Waals surface area contributed by atoms with E-state index in [1.165, 1.54) is 12.7 Å². The average molecular weight is 628 g/mol. The summed E-state index contributed by atoms with van der Waals surface area (Å²) in [5.74, 6) is 1.36. The van der Waals surface area contributed by atoms with Gasteiger partial charge in [-0.1, -0.05) is 24.3 Å². The van der Waals surface area contributed by atoms with Gasteiger partial charge in [-0.3, -0.25) is 29.9 Å². The topological polar surface area (TPSA) is 113 Å². The summed E-state index contributed by atoms with van der Waals surface area (Å²) >= 11 is 0. The summed E-state index contributed by atoms with van der Waals surface area (Å²) in [6, 6.07) is 11.7. The number of nitrogens with zero attached hydrogens (tertiary/aromatic N) is 10. The average Bonchev–Trinajstić information content (AvgIpc) is 3.49. The Hall–Kier alpha value is -3.91. The smallest absolute Gasteiger partial charge is 0.409 e. The van der Waals surface area contributed by atoms with Crippen LogP contribution in [0.1, 0.15) is 25.2 Å². The predicted octanol–water partition coefficient (Wildman–Crippen LogP) is 2.66. The number of hydrogen-bond acceptors (Lipinski definition) is 8. The van der Waals surface area contributed by atoms with Crippen molar-refractivity contribution in [3.05, 3.63) is 85.5 Å². The largest absolute Gasteiger partial charge is 2.00 e. The first kappa shape index (κ1) is 21.9. The minimum Gasteiger partial charge on any atom is -0.409 e. The molecule has 0 radical (unpaired) electrons. The number of pyridine rings is 2. The first-order valence-electron chi connectivity index (χ1n) is 10.2. The summed E-state index contributed by atoms with van der Waals surface area (Å²) in [5.41, 5.74) is 3.82. The van der Waals surface area contributed by atoms with E-state index >= 15 is 0 Å². The van der Waals surface area contributed by atoms with Crippen LogP contribution in [0.3, 0.4) is 0 Å². The van der Waals surface area contributed by atoms with Gasteiger partial charge in [0.05, 0.1) is 22.9 Å². The second-order valence-electron chi connectivity index (χ2n) is 7.94. The van der Waals surface area contributed by atoms with E-state index in [1.807, 2.05) is 36.4 Å². The van der Waals surface area contributed by atoms with Gasteiger partial charge in [-0.2, -0.15) is 0 Å². The van der Waals surface area contributed by atoms with Gasteiger partial charge in [-0.25, -0.2) is 0 Å². The molecule has 6 rings (SSSR count). The summed E-state index contributed by atoms with van der Waals surface area (Å²) < 4.78 is 3.51. The van der Waals surface area contributed by atoms with Gasteiger partial charge in [0, 0.05) is 41.9 Å². The number of rotatable bonds is 4. The van der Waals surface area contributed by atoms with Gasteiger partial charge in [-0.15, -0.1) is 0 Å². The zero-order chi connectivity index (χ0) is 22.4. The summed E-state index contributed by atoms with van der Waals surface area (Å²) in [6.45, 7) is 4.17. The molecule has 0 fully saturated rings. The molecule has 0 spiro atoms. The van der Waals surface area contributed by atoms with Gasteiger partial charge in [0.15, 0.2) is 0 Å². The first-order chi connectivity index (χ1) is 16.1. The molecule has 0 unspecified atom stereocenters. The third-order valence-corrected chi connectivity index (χ3v) is 5.55. The summed E-state index contributed by atoms with van der Waals surface area (Å²) in [4.78, 5) is 34.8. The standard InChI is InChI=1S/C23H16N10.Pt/c1-23(2,17-5-3-7-19(30-17)32-13-28-21-15(32)9-24-11-26-21)18-6-4-8-20(31-18)33-14-29-22-16(33)10-25-12-27-22;/h3-12H,1-2H3;/q-2;+2. The SMILES string of the molecule is CC(C)(c1cccc(-n2[c-]nc3ncncc32)n1)c1cccc(-n2[c-]nc3ncncc32)n1.[Pt+2]. The monoisotopic (exact) mass is 627 g/mol. The maximum atomic E-state index is 4.90. The Morgan fingerprint density at radius 1 is 0.706 bits per heavy atom. The van der Waals surface area contributed by atoms with Crippen LogP contribution < -0.4 is 0 Å². The summed E-state index contributed by atoms with van der Waals surface area (Å²) in [5, 5.41) is 0. The molecule has 10 nitrogen and oxygen atoms in total. The Morgan fingerprint density at radius 2 is 1.18 bits per heavy atom. The van der Waals surface area contributed by atoms with E-state index in [0.29, 0.717) is 22.9 Å². The second-order valence-corrected chi connectivity index (χ2v) is 7.94. The fourth-order valence-corrected chi connectivity index (χ4v) is 3.69. The van der Waals surface area contributed by atoms with Crippen molar-refractivity contribution in [3.8, 4) is 11.6 Å². The Kier molecular flexibility index (Phi) is 5.45. The van der Waals surface area contributed by atoms with Gasteiger partial charge in [-0.05, 0) is 37.0 Å². The van der Waals surface area contributed by atoms with Crippen molar-refractivity contribution in [1.29, 1.82) is 0 Å². The number of hydrogen-bond donors (Lipinski definition) is 0. The molecule has 0 bridgehead atoms. The minimum atomic E-state index is -0.494. The van der Waals surface area contributed by atoms with E-state index in [4.69, 9.17) is 9.97 Å². The van der Waals surface area contributed by atoms with Crippen LogP contribution in [0, 0.1) is 12.7 Å². The normalized spacial score (nSPS) is 11.6. The molecule has 0 aliphatic heterocycles. The van der Waals surface area contributed by atoms with Crippen LogP contribution >= 0.6 is 0 Å². The molecule has 6 heterocycles. The fraction of sp³-hybridized carbons (Fsp3) is 0.130. The first-order valence-corrected chi connectivity index (χ1v) is 10.2. The van der Waals surface area contributed by atoms with Gasteiger partial charge >= 0.3 is 21.1 Å². The van der Waals surface area contributed by atoms with Crippen molar-refractivity contribution >= 4 is 22.3 Å². The molecule has 11 heteroatoms. The molecule has 168 valence electrons. The minimum absolute atomic E-state index is 0. The van der Waals surface area contributed by atoms with Crippen molar-refractivity contribution in [2.24, 2.45) is 0 Å². The Morgan fingerprint density at radius 3 is 1.65 bits per heavy atom. The Bertz CT molecular complexity index is 1500.